The Bertz CT molecular complexity index is 827. The van der Waals surface area contributed by atoms with Gasteiger partial charge in [-0.2, -0.15) is 0 Å². The van der Waals surface area contributed by atoms with Crippen LogP contribution in [0.25, 0.3) is 16.7 Å². The number of rotatable bonds is 1. The highest BCUT2D eigenvalue weighted by molar-refractivity contribution is 9.10. The minimum Gasteiger partial charge on any atom is -0.369 e. The molecule has 20 heavy (non-hydrogen) atoms. The van der Waals surface area contributed by atoms with Crippen molar-refractivity contribution in [1.29, 1.82) is 0 Å². The summed E-state index contributed by atoms with van der Waals surface area (Å²) in [4.78, 5) is 4.15. The van der Waals surface area contributed by atoms with Crippen LogP contribution in [-0.4, -0.2) is 9.55 Å². The first-order valence-electron chi connectivity index (χ1n) is 5.87. The van der Waals surface area contributed by atoms with Gasteiger partial charge in [0, 0.05) is 10.5 Å². The molecule has 0 aliphatic heterocycles. The van der Waals surface area contributed by atoms with Crippen LogP contribution in [0, 0.1) is 18.6 Å². The van der Waals surface area contributed by atoms with Gasteiger partial charge < -0.3 is 5.73 Å². The van der Waals surface area contributed by atoms with Gasteiger partial charge in [-0.1, -0.05) is 15.9 Å². The molecule has 2 N–H and O–H groups in total. The summed E-state index contributed by atoms with van der Waals surface area (Å²) in [5.41, 5.74) is 7.36. The van der Waals surface area contributed by atoms with Crippen molar-refractivity contribution in [2.75, 3.05) is 5.73 Å². The Hall–Kier alpha value is -1.95. The van der Waals surface area contributed by atoms with E-state index in [1.807, 2.05) is 6.07 Å². The largest absolute Gasteiger partial charge is 0.369 e. The molecule has 1 aromatic heterocycles. The lowest BCUT2D eigenvalue weighted by molar-refractivity contribution is 0.587. The number of halogens is 3. The Balaban J connectivity index is 2.37. The molecular formula is C14H10BrF2N3. The minimum atomic E-state index is -0.546. The first-order valence-corrected chi connectivity index (χ1v) is 6.66. The number of hydrogen-bond acceptors (Lipinski definition) is 2. The van der Waals surface area contributed by atoms with Gasteiger partial charge in [-0.15, -0.1) is 0 Å². The quantitative estimate of drug-likeness (QED) is 0.730. The molecule has 0 aliphatic rings. The molecule has 0 saturated carbocycles. The lowest BCUT2D eigenvalue weighted by atomic mass is 10.2. The second kappa shape index (κ2) is 4.56. The van der Waals surface area contributed by atoms with Crippen LogP contribution in [0.1, 0.15) is 5.56 Å². The number of nitrogens with two attached hydrogens (primary N) is 1. The fraction of sp³-hybridized carbons (Fsp3) is 0.0714. The van der Waals surface area contributed by atoms with Crippen molar-refractivity contribution in [1.82, 2.24) is 9.55 Å². The highest BCUT2D eigenvalue weighted by Crippen LogP contribution is 2.28. The molecule has 0 unspecified atom stereocenters. The Morgan fingerprint density at radius 3 is 2.65 bits per heavy atom. The zero-order valence-electron chi connectivity index (χ0n) is 10.5. The molecule has 0 amide bonds. The second-order valence-corrected chi connectivity index (χ2v) is 5.41. The van der Waals surface area contributed by atoms with Gasteiger partial charge in [0.25, 0.3) is 0 Å². The molecule has 3 nitrogen and oxygen atoms in total. The molecule has 1 heterocycles. The van der Waals surface area contributed by atoms with Crippen molar-refractivity contribution in [3.63, 3.8) is 0 Å². The Morgan fingerprint density at radius 2 is 1.90 bits per heavy atom. The number of aromatic nitrogens is 2. The van der Waals surface area contributed by atoms with E-state index < -0.39 is 11.6 Å². The van der Waals surface area contributed by atoms with E-state index in [1.54, 1.807) is 12.1 Å². The van der Waals surface area contributed by atoms with Crippen LogP contribution in [0.2, 0.25) is 0 Å². The van der Waals surface area contributed by atoms with Crippen LogP contribution in [0.4, 0.5) is 14.7 Å². The maximum absolute atomic E-state index is 14.1. The summed E-state index contributed by atoms with van der Waals surface area (Å²) in [6, 6.07) is 7.60. The van der Waals surface area contributed by atoms with E-state index in [9.17, 15) is 8.78 Å². The predicted molar refractivity (Wildman–Crippen MR) is 77.8 cm³/mol. The second-order valence-electron chi connectivity index (χ2n) is 4.49. The van der Waals surface area contributed by atoms with Crippen molar-refractivity contribution in [2.24, 2.45) is 0 Å². The number of hydrogen-bond donors (Lipinski definition) is 1. The van der Waals surface area contributed by atoms with Crippen molar-refractivity contribution in [2.45, 2.75) is 6.92 Å². The van der Waals surface area contributed by atoms with Crippen molar-refractivity contribution < 1.29 is 8.78 Å². The monoisotopic (exact) mass is 337 g/mol. The number of anilines is 1. The molecule has 0 spiro atoms. The smallest absolute Gasteiger partial charge is 0.206 e. The molecule has 0 bridgehead atoms. The summed E-state index contributed by atoms with van der Waals surface area (Å²) >= 11 is 3.34. The van der Waals surface area contributed by atoms with E-state index in [-0.39, 0.29) is 17.2 Å². The number of aryl methyl sites for hydroxylation is 1. The van der Waals surface area contributed by atoms with Gasteiger partial charge in [-0.25, -0.2) is 13.8 Å². The zero-order valence-corrected chi connectivity index (χ0v) is 12.1. The van der Waals surface area contributed by atoms with Gasteiger partial charge in [0.05, 0.1) is 16.7 Å². The maximum Gasteiger partial charge on any atom is 0.206 e. The van der Waals surface area contributed by atoms with Gasteiger partial charge in [-0.05, 0) is 36.8 Å². The van der Waals surface area contributed by atoms with Crippen molar-refractivity contribution in [3.8, 4) is 5.69 Å². The van der Waals surface area contributed by atoms with Gasteiger partial charge in [0.15, 0.2) is 0 Å². The van der Waals surface area contributed by atoms with Crippen molar-refractivity contribution >= 4 is 32.9 Å². The number of fused-ring (bicyclic) bond motifs is 1. The van der Waals surface area contributed by atoms with Crippen LogP contribution in [0.15, 0.2) is 34.8 Å². The van der Waals surface area contributed by atoms with Crippen LogP contribution >= 0.6 is 15.9 Å². The van der Waals surface area contributed by atoms with E-state index in [1.165, 1.54) is 11.5 Å². The van der Waals surface area contributed by atoms with E-state index in [2.05, 4.69) is 20.9 Å². The molecule has 3 rings (SSSR count). The predicted octanol–water partition coefficient (Wildman–Crippen LogP) is 3.96. The standard InChI is InChI=1S/C14H10BrF2N3/c1-7-4-10(17)12(6-9(7)16)20-13-5-8(15)2-3-11(13)19-14(20)18/h2-6H,1H3,(H2,18,19). The van der Waals surface area contributed by atoms with E-state index in [0.29, 0.717) is 11.0 Å². The Labute approximate surface area is 122 Å². The maximum atomic E-state index is 14.1. The molecule has 6 heteroatoms. The van der Waals surface area contributed by atoms with Crippen LogP contribution in [0.3, 0.4) is 0 Å². The van der Waals surface area contributed by atoms with Gasteiger partial charge in [0.1, 0.15) is 11.6 Å². The van der Waals surface area contributed by atoms with Crippen LogP contribution < -0.4 is 5.73 Å². The molecule has 102 valence electrons. The highest BCUT2D eigenvalue weighted by atomic mass is 79.9. The Kier molecular flexibility index (Phi) is 2.97. The normalized spacial score (nSPS) is 11.2. The highest BCUT2D eigenvalue weighted by Gasteiger charge is 2.15. The summed E-state index contributed by atoms with van der Waals surface area (Å²) in [6.07, 6.45) is 0. The molecule has 0 saturated heterocycles. The number of nitrogens with zero attached hydrogens (tertiary/aromatic N) is 2. The summed E-state index contributed by atoms with van der Waals surface area (Å²) < 4.78 is 30.0. The van der Waals surface area contributed by atoms with E-state index in [0.717, 1.165) is 16.6 Å². The minimum absolute atomic E-state index is 0.0474. The third kappa shape index (κ3) is 1.96. The molecule has 0 atom stereocenters. The average Bonchev–Trinajstić information content (AvgIpc) is 2.69. The molecule has 3 aromatic rings. The lowest BCUT2D eigenvalue weighted by Crippen LogP contribution is -2.04. The zero-order chi connectivity index (χ0) is 14.4. The summed E-state index contributed by atoms with van der Waals surface area (Å²) in [7, 11) is 0. The lowest BCUT2D eigenvalue weighted by Gasteiger charge is -2.09. The number of imidazole rings is 1. The first-order chi connectivity index (χ1) is 9.47. The molecule has 2 aromatic carbocycles. The fourth-order valence-electron chi connectivity index (χ4n) is 2.13. The van der Waals surface area contributed by atoms with Crippen LogP contribution in [0.5, 0.6) is 0 Å². The fourth-order valence-corrected chi connectivity index (χ4v) is 2.48. The van der Waals surface area contributed by atoms with Crippen molar-refractivity contribution in [3.05, 3.63) is 52.0 Å². The van der Waals surface area contributed by atoms with Gasteiger partial charge in [-0.3, -0.25) is 4.57 Å². The van der Waals surface area contributed by atoms with Gasteiger partial charge >= 0.3 is 0 Å². The third-order valence-electron chi connectivity index (χ3n) is 3.11. The molecular weight excluding hydrogens is 328 g/mol. The molecule has 0 fully saturated rings. The first kappa shape index (κ1) is 13.1. The van der Waals surface area contributed by atoms with Gasteiger partial charge in [0.2, 0.25) is 5.95 Å². The third-order valence-corrected chi connectivity index (χ3v) is 3.60. The Morgan fingerprint density at radius 1 is 1.15 bits per heavy atom. The summed E-state index contributed by atoms with van der Waals surface area (Å²) in [5, 5.41) is 0. The average molecular weight is 338 g/mol. The summed E-state index contributed by atoms with van der Waals surface area (Å²) in [6.45, 7) is 1.51. The SMILES string of the molecule is Cc1cc(F)c(-n2c(N)nc3ccc(Br)cc32)cc1F. The van der Waals surface area contributed by atoms with E-state index in [4.69, 9.17) is 5.73 Å². The number of benzene rings is 2. The molecule has 0 radical (unpaired) electrons. The van der Waals surface area contributed by atoms with Crippen LogP contribution in [-0.2, 0) is 0 Å². The topological polar surface area (TPSA) is 43.8 Å². The summed E-state index contributed by atoms with van der Waals surface area (Å²) in [5.74, 6) is -0.923. The van der Waals surface area contributed by atoms with E-state index >= 15 is 0 Å². The molecule has 0 aliphatic carbocycles. The number of nitrogen functional groups attached to an aromatic ring is 1.